The quantitative estimate of drug-likeness (QED) is 0.814. The van der Waals surface area contributed by atoms with Gasteiger partial charge in [-0.3, -0.25) is 4.79 Å². The Morgan fingerprint density at radius 2 is 1.96 bits per heavy atom. The molecule has 3 aliphatic rings. The molecule has 2 heterocycles. The largest absolute Gasteiger partial charge is 0.349 e. The summed E-state index contributed by atoms with van der Waals surface area (Å²) < 4.78 is 26.9. The molecule has 1 amide bonds. The van der Waals surface area contributed by atoms with Crippen molar-refractivity contribution in [3.8, 4) is 0 Å². The third-order valence-corrected chi connectivity index (χ3v) is 6.44. The first-order valence-electron chi connectivity index (χ1n) is 8.96. The summed E-state index contributed by atoms with van der Waals surface area (Å²) >= 11 is 0. The molecule has 0 aromatic carbocycles. The smallest absolute Gasteiger partial charge is 0.256 e. The minimum atomic E-state index is -3.37. The third-order valence-electron chi connectivity index (χ3n) is 5.28. The average molecular weight is 365 g/mol. The van der Waals surface area contributed by atoms with Crippen molar-refractivity contribution in [3.63, 3.8) is 0 Å². The second-order valence-corrected chi connectivity index (χ2v) is 9.94. The van der Waals surface area contributed by atoms with Crippen molar-refractivity contribution in [3.05, 3.63) is 23.9 Å². The van der Waals surface area contributed by atoms with Crippen LogP contribution in [0, 0.1) is 11.3 Å². The highest BCUT2D eigenvalue weighted by atomic mass is 32.2. The first kappa shape index (κ1) is 18.2. The molecule has 138 valence electrons. The van der Waals surface area contributed by atoms with Crippen LogP contribution in [0.25, 0.3) is 0 Å². The Balaban J connectivity index is 1.72. The molecule has 1 fully saturated rings. The molecule has 25 heavy (non-hydrogen) atoms. The van der Waals surface area contributed by atoms with Crippen molar-refractivity contribution in [1.82, 2.24) is 10.2 Å². The van der Waals surface area contributed by atoms with E-state index in [0.29, 0.717) is 23.9 Å². The Labute approximate surface area is 150 Å². The molecule has 0 aromatic rings. The van der Waals surface area contributed by atoms with Crippen LogP contribution in [0.15, 0.2) is 28.3 Å². The molecule has 1 saturated carbocycles. The summed E-state index contributed by atoms with van der Waals surface area (Å²) in [5.74, 6) is 0.735. The Morgan fingerprint density at radius 3 is 2.68 bits per heavy atom. The van der Waals surface area contributed by atoms with Gasteiger partial charge in [0.1, 0.15) is 5.84 Å². The second-order valence-electron chi connectivity index (χ2n) is 8.18. The van der Waals surface area contributed by atoms with E-state index in [-0.39, 0.29) is 23.1 Å². The van der Waals surface area contributed by atoms with Gasteiger partial charge in [-0.15, -0.1) is 4.40 Å². The topological polar surface area (TPSA) is 78.8 Å². The predicted molar refractivity (Wildman–Crippen MR) is 98.5 cm³/mol. The molecule has 0 aromatic heterocycles. The SMILES string of the molecule is CC(C)(C)[C@H]1CCCC[C@@H]1NC(=O)C1=CN2CCS(=O)(=O)N=C2C=C1. The number of carbonyl (C=O) groups is 1. The fraction of sp³-hybridized carbons (Fsp3) is 0.667. The van der Waals surface area contributed by atoms with Crippen molar-refractivity contribution in [2.24, 2.45) is 15.7 Å². The van der Waals surface area contributed by atoms with Gasteiger partial charge in [-0.05, 0) is 36.3 Å². The predicted octanol–water partition coefficient (Wildman–Crippen LogP) is 2.21. The van der Waals surface area contributed by atoms with E-state index >= 15 is 0 Å². The normalized spacial score (nSPS) is 28.7. The molecule has 1 aliphatic carbocycles. The van der Waals surface area contributed by atoms with Crippen LogP contribution in [0.4, 0.5) is 0 Å². The minimum Gasteiger partial charge on any atom is -0.349 e. The number of hydrogen-bond donors (Lipinski definition) is 1. The standard InChI is InChI=1S/C18H27N3O3S/c1-18(2,3)14-6-4-5-7-15(14)19-17(22)13-8-9-16-20-25(23,24)11-10-21(16)12-13/h8-9,12,14-15H,4-7,10-11H2,1-3H3,(H,19,22)/t14-,15-/m0/s1. The van der Waals surface area contributed by atoms with Gasteiger partial charge in [-0.1, -0.05) is 33.6 Å². The lowest BCUT2D eigenvalue weighted by Gasteiger charge is -2.41. The highest BCUT2D eigenvalue weighted by molar-refractivity contribution is 7.90. The maximum absolute atomic E-state index is 12.7. The second kappa shape index (κ2) is 6.59. The Hall–Kier alpha value is -1.63. The summed E-state index contributed by atoms with van der Waals surface area (Å²) in [6.07, 6.45) is 9.49. The lowest BCUT2D eigenvalue weighted by Crippen LogP contribution is -2.47. The minimum absolute atomic E-state index is 0.0234. The first-order valence-corrected chi connectivity index (χ1v) is 10.6. The highest BCUT2D eigenvalue weighted by Gasteiger charge is 2.35. The zero-order valence-corrected chi connectivity index (χ0v) is 16.0. The van der Waals surface area contributed by atoms with Crippen LogP contribution in [0.5, 0.6) is 0 Å². The lowest BCUT2D eigenvalue weighted by atomic mass is 9.69. The summed E-state index contributed by atoms with van der Waals surface area (Å²) in [6.45, 7) is 7.03. The van der Waals surface area contributed by atoms with Crippen molar-refractivity contribution < 1.29 is 13.2 Å². The van der Waals surface area contributed by atoms with E-state index in [1.54, 1.807) is 23.3 Å². The maximum Gasteiger partial charge on any atom is 0.256 e. The van der Waals surface area contributed by atoms with Crippen LogP contribution < -0.4 is 5.32 Å². The van der Waals surface area contributed by atoms with E-state index in [4.69, 9.17) is 0 Å². The summed E-state index contributed by atoms with van der Waals surface area (Å²) in [5, 5.41) is 3.21. The van der Waals surface area contributed by atoms with Crippen LogP contribution in [-0.2, 0) is 14.8 Å². The molecular weight excluding hydrogens is 338 g/mol. The van der Waals surface area contributed by atoms with Crippen molar-refractivity contribution in [2.45, 2.75) is 52.5 Å². The maximum atomic E-state index is 12.7. The number of carbonyl (C=O) groups excluding carboxylic acids is 1. The Bertz CT molecular complexity index is 744. The molecule has 0 saturated heterocycles. The zero-order chi connectivity index (χ0) is 18.2. The highest BCUT2D eigenvalue weighted by Crippen LogP contribution is 2.38. The molecule has 0 radical (unpaired) electrons. The number of rotatable bonds is 2. The van der Waals surface area contributed by atoms with E-state index in [9.17, 15) is 13.2 Å². The van der Waals surface area contributed by atoms with Crippen LogP contribution in [0.2, 0.25) is 0 Å². The molecule has 3 rings (SSSR count). The first-order chi connectivity index (χ1) is 11.7. The van der Waals surface area contributed by atoms with Gasteiger partial charge < -0.3 is 10.2 Å². The average Bonchev–Trinajstić information content (AvgIpc) is 2.53. The molecule has 0 bridgehead atoms. The number of nitrogens with zero attached hydrogens (tertiary/aromatic N) is 2. The fourth-order valence-electron chi connectivity index (χ4n) is 3.93. The molecule has 6 nitrogen and oxygen atoms in total. The van der Waals surface area contributed by atoms with Crippen molar-refractivity contribution in [2.75, 3.05) is 12.3 Å². The van der Waals surface area contributed by atoms with Crippen LogP contribution in [-0.4, -0.2) is 43.4 Å². The molecule has 7 heteroatoms. The van der Waals surface area contributed by atoms with Gasteiger partial charge in [0.25, 0.3) is 15.9 Å². The van der Waals surface area contributed by atoms with Crippen LogP contribution in [0.3, 0.4) is 0 Å². The molecular formula is C18H27N3O3S. The van der Waals surface area contributed by atoms with Gasteiger partial charge in [-0.25, -0.2) is 8.42 Å². The van der Waals surface area contributed by atoms with E-state index in [1.165, 1.54) is 6.42 Å². The summed E-state index contributed by atoms with van der Waals surface area (Å²) in [6, 6.07) is 0.187. The Kier molecular flexibility index (Phi) is 4.79. The molecule has 0 unspecified atom stereocenters. The molecule has 1 N–H and O–H groups in total. The summed E-state index contributed by atoms with van der Waals surface area (Å²) in [5.41, 5.74) is 0.715. The molecule has 2 aliphatic heterocycles. The van der Waals surface area contributed by atoms with Gasteiger partial charge in [0, 0.05) is 18.8 Å². The summed E-state index contributed by atoms with van der Waals surface area (Å²) in [4.78, 5) is 14.5. The van der Waals surface area contributed by atoms with E-state index in [2.05, 4.69) is 30.5 Å². The number of sulfonamides is 1. The fourth-order valence-corrected chi connectivity index (χ4v) is 4.90. The number of hydrogen-bond acceptors (Lipinski definition) is 4. The number of amidine groups is 1. The number of fused-ring (bicyclic) bond motifs is 1. The van der Waals surface area contributed by atoms with Gasteiger partial charge in [0.15, 0.2) is 0 Å². The Morgan fingerprint density at radius 1 is 1.24 bits per heavy atom. The van der Waals surface area contributed by atoms with Crippen molar-refractivity contribution in [1.29, 1.82) is 0 Å². The molecule has 0 spiro atoms. The van der Waals surface area contributed by atoms with Crippen LogP contribution >= 0.6 is 0 Å². The van der Waals surface area contributed by atoms with Gasteiger partial charge in [-0.2, -0.15) is 0 Å². The lowest BCUT2D eigenvalue weighted by molar-refractivity contribution is -0.118. The summed E-state index contributed by atoms with van der Waals surface area (Å²) in [7, 11) is -3.37. The van der Waals surface area contributed by atoms with Gasteiger partial charge in [0.05, 0.1) is 11.3 Å². The zero-order valence-electron chi connectivity index (χ0n) is 15.2. The number of nitrogens with one attached hydrogen (secondary N) is 1. The monoisotopic (exact) mass is 365 g/mol. The van der Waals surface area contributed by atoms with Gasteiger partial charge >= 0.3 is 0 Å². The van der Waals surface area contributed by atoms with E-state index in [1.807, 2.05) is 0 Å². The molecule has 2 atom stereocenters. The van der Waals surface area contributed by atoms with Crippen LogP contribution in [0.1, 0.15) is 46.5 Å². The van der Waals surface area contributed by atoms with E-state index < -0.39 is 10.0 Å². The third kappa shape index (κ3) is 4.14. The van der Waals surface area contributed by atoms with Crippen molar-refractivity contribution >= 4 is 21.8 Å². The number of amides is 1. The van der Waals surface area contributed by atoms with E-state index in [0.717, 1.165) is 19.3 Å². The van der Waals surface area contributed by atoms with Gasteiger partial charge in [0.2, 0.25) is 0 Å².